The Morgan fingerprint density at radius 3 is 3.00 bits per heavy atom. The first kappa shape index (κ1) is 11.5. The van der Waals surface area contributed by atoms with Crippen LogP contribution < -0.4 is 5.73 Å². The largest absolute Gasteiger partial charge is 0.398 e. The molecule has 0 spiro atoms. The summed E-state index contributed by atoms with van der Waals surface area (Å²) in [4.78, 5) is 0. The lowest BCUT2D eigenvalue weighted by Gasteiger charge is -2.05. The molecule has 1 heterocycles. The predicted molar refractivity (Wildman–Crippen MR) is 66.5 cm³/mol. The van der Waals surface area contributed by atoms with Gasteiger partial charge in [0.25, 0.3) is 0 Å². The van der Waals surface area contributed by atoms with Crippen LogP contribution in [0.3, 0.4) is 0 Å². The minimum absolute atomic E-state index is 0.316. The first-order valence-electron chi connectivity index (χ1n) is 5.68. The summed E-state index contributed by atoms with van der Waals surface area (Å²) in [5.74, 6) is 0.322. The molecule has 1 aliphatic rings. The summed E-state index contributed by atoms with van der Waals surface area (Å²) in [5.41, 5.74) is 7.12. The highest BCUT2D eigenvalue weighted by atomic mass is 32.2. The second kappa shape index (κ2) is 4.56. The van der Waals surface area contributed by atoms with E-state index in [9.17, 15) is 4.39 Å². The Balaban J connectivity index is 1.71. The number of hydrogen-bond acceptors (Lipinski definition) is 5. The maximum absolute atomic E-state index is 12.9. The van der Waals surface area contributed by atoms with Gasteiger partial charge in [0.2, 0.25) is 5.16 Å². The predicted octanol–water partition coefficient (Wildman–Crippen LogP) is 2.02. The van der Waals surface area contributed by atoms with Crippen molar-refractivity contribution < 1.29 is 4.39 Å². The Hall–Kier alpha value is -1.63. The molecule has 1 aliphatic carbocycles. The van der Waals surface area contributed by atoms with Crippen molar-refractivity contribution in [1.82, 2.24) is 20.2 Å². The molecule has 2 N–H and O–H groups in total. The molecule has 0 saturated heterocycles. The number of halogens is 1. The lowest BCUT2D eigenvalue weighted by Crippen LogP contribution is -1.99. The second-order valence-electron chi connectivity index (χ2n) is 4.27. The molecule has 0 amide bonds. The van der Waals surface area contributed by atoms with Crippen molar-refractivity contribution in [3.63, 3.8) is 0 Å². The van der Waals surface area contributed by atoms with Crippen LogP contribution in [-0.4, -0.2) is 20.2 Å². The maximum Gasteiger partial charge on any atom is 0.209 e. The van der Waals surface area contributed by atoms with E-state index in [4.69, 9.17) is 5.73 Å². The molecule has 7 heteroatoms. The van der Waals surface area contributed by atoms with Gasteiger partial charge in [-0.1, -0.05) is 17.8 Å². The number of benzene rings is 1. The maximum atomic E-state index is 12.9. The zero-order chi connectivity index (χ0) is 12.5. The average Bonchev–Trinajstić information content (AvgIpc) is 3.08. The van der Waals surface area contributed by atoms with E-state index in [2.05, 4.69) is 15.5 Å². The molecule has 1 aromatic carbocycles. The quantitative estimate of drug-likeness (QED) is 0.676. The molecule has 0 unspecified atom stereocenters. The van der Waals surface area contributed by atoms with Crippen LogP contribution in [0.25, 0.3) is 0 Å². The van der Waals surface area contributed by atoms with Crippen LogP contribution in [0.15, 0.2) is 23.4 Å². The van der Waals surface area contributed by atoms with Gasteiger partial charge in [0.15, 0.2) is 0 Å². The Morgan fingerprint density at radius 1 is 1.44 bits per heavy atom. The Morgan fingerprint density at radius 2 is 2.28 bits per heavy atom. The number of tetrazole rings is 1. The number of nitrogens with two attached hydrogens (primary N) is 1. The van der Waals surface area contributed by atoms with Crippen molar-refractivity contribution in [2.45, 2.75) is 29.8 Å². The fraction of sp³-hybridized carbons (Fsp3) is 0.364. The molecule has 1 aromatic heterocycles. The smallest absolute Gasteiger partial charge is 0.209 e. The summed E-state index contributed by atoms with van der Waals surface area (Å²) in [5, 5.41) is 12.4. The lowest BCUT2D eigenvalue weighted by molar-refractivity contribution is 0.565. The van der Waals surface area contributed by atoms with E-state index in [0.29, 0.717) is 17.5 Å². The summed E-state index contributed by atoms with van der Waals surface area (Å²) in [6.07, 6.45) is 2.27. The summed E-state index contributed by atoms with van der Waals surface area (Å²) in [7, 11) is 0. The van der Waals surface area contributed by atoms with Gasteiger partial charge in [0.05, 0.1) is 6.04 Å². The monoisotopic (exact) mass is 265 g/mol. The van der Waals surface area contributed by atoms with Crippen LogP contribution in [0.2, 0.25) is 0 Å². The van der Waals surface area contributed by atoms with Gasteiger partial charge in [-0.2, -0.15) is 0 Å². The van der Waals surface area contributed by atoms with Gasteiger partial charge >= 0.3 is 0 Å². The number of thioether (sulfide) groups is 1. The van der Waals surface area contributed by atoms with Crippen molar-refractivity contribution in [2.75, 3.05) is 5.73 Å². The van der Waals surface area contributed by atoms with Gasteiger partial charge in [0.1, 0.15) is 5.82 Å². The third-order valence-electron chi connectivity index (χ3n) is 2.82. The summed E-state index contributed by atoms with van der Waals surface area (Å²) >= 11 is 1.52. The van der Waals surface area contributed by atoms with E-state index < -0.39 is 0 Å². The van der Waals surface area contributed by atoms with Crippen LogP contribution >= 0.6 is 11.8 Å². The van der Waals surface area contributed by atoms with Crippen molar-refractivity contribution in [1.29, 1.82) is 0 Å². The molecule has 0 bridgehead atoms. The minimum atomic E-state index is -0.316. The van der Waals surface area contributed by atoms with Crippen molar-refractivity contribution in [3.05, 3.63) is 29.6 Å². The number of hydrogen-bond donors (Lipinski definition) is 1. The summed E-state index contributed by atoms with van der Waals surface area (Å²) in [6, 6.07) is 4.90. The highest BCUT2D eigenvalue weighted by Crippen LogP contribution is 2.37. The first-order valence-corrected chi connectivity index (χ1v) is 6.67. The molecule has 94 valence electrons. The van der Waals surface area contributed by atoms with Gasteiger partial charge in [-0.05, 0) is 41.0 Å². The summed E-state index contributed by atoms with van der Waals surface area (Å²) in [6.45, 7) is 0. The number of rotatable bonds is 4. The minimum Gasteiger partial charge on any atom is -0.398 e. The van der Waals surface area contributed by atoms with Crippen LogP contribution in [0.1, 0.15) is 24.4 Å². The van der Waals surface area contributed by atoms with Gasteiger partial charge < -0.3 is 5.73 Å². The molecule has 5 nitrogen and oxygen atoms in total. The molecule has 3 rings (SSSR count). The van der Waals surface area contributed by atoms with Gasteiger partial charge in [-0.3, -0.25) is 0 Å². The summed E-state index contributed by atoms with van der Waals surface area (Å²) < 4.78 is 14.8. The van der Waals surface area contributed by atoms with Crippen molar-refractivity contribution in [2.24, 2.45) is 0 Å². The number of aromatic nitrogens is 4. The van der Waals surface area contributed by atoms with Crippen LogP contribution in [0.4, 0.5) is 10.1 Å². The lowest BCUT2D eigenvalue weighted by atomic mass is 10.2. The van der Waals surface area contributed by atoms with E-state index in [1.807, 2.05) is 4.68 Å². The molecule has 1 fully saturated rings. The Kier molecular flexibility index (Phi) is 2.91. The van der Waals surface area contributed by atoms with Crippen molar-refractivity contribution >= 4 is 17.4 Å². The molecular weight excluding hydrogens is 253 g/mol. The van der Waals surface area contributed by atoms with E-state index in [-0.39, 0.29) is 5.82 Å². The highest BCUT2D eigenvalue weighted by Gasteiger charge is 2.27. The molecule has 0 radical (unpaired) electrons. The Labute approximate surface area is 108 Å². The average molecular weight is 265 g/mol. The molecule has 0 atom stereocenters. The molecular formula is C11H12FN5S. The van der Waals surface area contributed by atoms with E-state index in [1.54, 1.807) is 6.07 Å². The van der Waals surface area contributed by atoms with Crippen LogP contribution in [0.5, 0.6) is 0 Å². The standard InChI is InChI=1S/C11H12FN5S/c12-8-2-1-7(10(13)5-8)6-18-11-14-15-16-17(11)9-3-4-9/h1-2,5,9H,3-4,6,13H2. The van der Waals surface area contributed by atoms with Gasteiger partial charge in [0, 0.05) is 11.4 Å². The first-order chi connectivity index (χ1) is 8.74. The van der Waals surface area contributed by atoms with Crippen LogP contribution in [-0.2, 0) is 5.75 Å². The molecule has 0 aliphatic heterocycles. The van der Waals surface area contributed by atoms with Gasteiger partial charge in [-0.15, -0.1) is 5.10 Å². The third kappa shape index (κ3) is 2.31. The molecule has 18 heavy (non-hydrogen) atoms. The van der Waals surface area contributed by atoms with E-state index in [1.165, 1.54) is 23.9 Å². The number of nitrogens with zero attached hydrogens (tertiary/aromatic N) is 4. The van der Waals surface area contributed by atoms with E-state index >= 15 is 0 Å². The third-order valence-corrected chi connectivity index (χ3v) is 3.80. The number of nitrogen functional groups attached to an aromatic ring is 1. The second-order valence-corrected chi connectivity index (χ2v) is 5.21. The van der Waals surface area contributed by atoms with Crippen molar-refractivity contribution in [3.8, 4) is 0 Å². The normalized spacial score (nSPS) is 14.9. The molecule has 1 saturated carbocycles. The number of anilines is 1. The van der Waals surface area contributed by atoms with Gasteiger partial charge in [-0.25, -0.2) is 9.07 Å². The SMILES string of the molecule is Nc1cc(F)ccc1CSc1nnnn1C1CC1. The zero-order valence-electron chi connectivity index (χ0n) is 9.58. The van der Waals surface area contributed by atoms with E-state index in [0.717, 1.165) is 23.6 Å². The highest BCUT2D eigenvalue weighted by molar-refractivity contribution is 7.98. The fourth-order valence-corrected chi connectivity index (χ4v) is 2.63. The topological polar surface area (TPSA) is 69.6 Å². The molecule has 2 aromatic rings. The van der Waals surface area contributed by atoms with Crippen LogP contribution in [0, 0.1) is 5.82 Å². The fourth-order valence-electron chi connectivity index (χ4n) is 1.67. The Bertz CT molecular complexity index is 566. The zero-order valence-corrected chi connectivity index (χ0v) is 10.4.